The highest BCUT2D eigenvalue weighted by atomic mass is 16.5. The van der Waals surface area contributed by atoms with Crippen LogP contribution in [0.15, 0.2) is 60.2 Å². The number of benzene rings is 1. The minimum atomic E-state index is -0.973. The lowest BCUT2D eigenvalue weighted by atomic mass is 9.32. The molecule has 0 aliphatic heterocycles. The molecule has 1 aromatic rings. The standard InChI is InChI=1S/C51H71N3O5/c1-32-12-13-35(45(56)57)14-15-37(32)31-54-44(55)36-11-9-10-34(30-36)22-29-53-46(58)51-25-18-38(33(2)21-28-52)43(51)39-16-17-41-48(5)23-20-42(59-8)47(3,4)40(48)19-24-50(41,7)49(39,6)26-27-51/h9-11,13-15,30,33,37-43H,1,12,16-27,29,31H2,2-8H3,(H,53,58)(H,54,55)(H,56,57). The first kappa shape index (κ1) is 43.4. The monoisotopic (exact) mass is 806 g/mol. The van der Waals surface area contributed by atoms with Crippen molar-refractivity contribution in [1.29, 1.82) is 5.26 Å². The Kier molecular flexibility index (Phi) is 12.0. The van der Waals surface area contributed by atoms with Crippen LogP contribution in [0.3, 0.4) is 0 Å². The van der Waals surface area contributed by atoms with Gasteiger partial charge in [-0.05, 0) is 152 Å². The van der Waals surface area contributed by atoms with Crippen LogP contribution in [0, 0.1) is 79.8 Å². The van der Waals surface area contributed by atoms with E-state index in [2.05, 4.69) is 64.8 Å². The van der Waals surface area contributed by atoms with Crippen molar-refractivity contribution in [2.75, 3.05) is 20.2 Å². The minimum Gasteiger partial charge on any atom is -0.478 e. The molecule has 0 saturated heterocycles. The molecular weight excluding hydrogens is 735 g/mol. The predicted molar refractivity (Wildman–Crippen MR) is 232 cm³/mol. The second-order valence-corrected chi connectivity index (χ2v) is 21.2. The van der Waals surface area contributed by atoms with E-state index >= 15 is 0 Å². The summed E-state index contributed by atoms with van der Waals surface area (Å²) in [5.41, 5.74) is 2.97. The van der Waals surface area contributed by atoms with E-state index in [0.717, 1.165) is 43.2 Å². The molecular formula is C51H71N3O5. The molecule has 0 spiro atoms. The maximum absolute atomic E-state index is 14.8. The van der Waals surface area contributed by atoms with Gasteiger partial charge in [0.15, 0.2) is 0 Å². The Morgan fingerprint density at radius 2 is 1.75 bits per heavy atom. The molecule has 59 heavy (non-hydrogen) atoms. The molecule has 0 heterocycles. The van der Waals surface area contributed by atoms with Crippen LogP contribution < -0.4 is 10.6 Å². The number of fused-ring (bicyclic) bond motifs is 7. The summed E-state index contributed by atoms with van der Waals surface area (Å²) >= 11 is 0. The normalized spacial score (nSPS) is 38.8. The summed E-state index contributed by atoms with van der Waals surface area (Å²) in [4.78, 5) is 39.6. The predicted octanol–water partition coefficient (Wildman–Crippen LogP) is 9.86. The van der Waals surface area contributed by atoms with Gasteiger partial charge in [0.1, 0.15) is 0 Å². The van der Waals surface area contributed by atoms with E-state index in [9.17, 15) is 24.8 Å². The van der Waals surface area contributed by atoms with E-state index < -0.39 is 11.4 Å². The average Bonchev–Trinajstić information content (AvgIpc) is 3.50. The quantitative estimate of drug-likeness (QED) is 0.191. The second kappa shape index (κ2) is 16.3. The number of amides is 2. The van der Waals surface area contributed by atoms with Gasteiger partial charge in [-0.15, -0.1) is 0 Å². The summed E-state index contributed by atoms with van der Waals surface area (Å²) in [7, 11) is 1.90. The first-order valence-corrected chi connectivity index (χ1v) is 22.8. The molecule has 7 rings (SSSR count). The molecule has 5 saturated carbocycles. The molecule has 12 atom stereocenters. The number of ether oxygens (including phenoxy) is 1. The van der Waals surface area contributed by atoms with Crippen molar-refractivity contribution in [1.82, 2.24) is 10.6 Å². The van der Waals surface area contributed by atoms with Gasteiger partial charge in [0, 0.05) is 38.1 Å². The smallest absolute Gasteiger partial charge is 0.335 e. The molecule has 0 radical (unpaired) electrons. The van der Waals surface area contributed by atoms with Gasteiger partial charge in [0.25, 0.3) is 5.91 Å². The third-order valence-electron chi connectivity index (χ3n) is 18.5. The van der Waals surface area contributed by atoms with Crippen LogP contribution in [-0.4, -0.2) is 49.2 Å². The molecule has 1 aromatic carbocycles. The molecule has 320 valence electrons. The first-order valence-electron chi connectivity index (χ1n) is 22.8. The van der Waals surface area contributed by atoms with Crippen LogP contribution in [0.2, 0.25) is 0 Å². The fraction of sp³-hybridized carbons (Fsp3) is 0.686. The number of carboxylic acids is 1. The van der Waals surface area contributed by atoms with E-state index in [1.54, 1.807) is 24.3 Å². The number of carboxylic acid groups (broad SMARTS) is 1. The van der Waals surface area contributed by atoms with Crippen molar-refractivity contribution in [3.63, 3.8) is 0 Å². The number of nitriles is 1. The zero-order chi connectivity index (χ0) is 42.5. The van der Waals surface area contributed by atoms with Gasteiger partial charge in [-0.2, -0.15) is 5.26 Å². The number of nitrogens with zero attached hydrogens (tertiary/aromatic N) is 1. The Hall–Kier alpha value is -3.70. The highest BCUT2D eigenvalue weighted by Gasteiger charge is 2.72. The zero-order valence-electron chi connectivity index (χ0n) is 37.0. The van der Waals surface area contributed by atoms with E-state index in [1.807, 2.05) is 25.3 Å². The van der Waals surface area contributed by atoms with Gasteiger partial charge < -0.3 is 20.5 Å². The molecule has 6 aliphatic rings. The molecule has 12 unspecified atom stereocenters. The second-order valence-electron chi connectivity index (χ2n) is 21.2. The van der Waals surface area contributed by atoms with E-state index in [4.69, 9.17) is 4.74 Å². The fourth-order valence-corrected chi connectivity index (χ4v) is 15.2. The number of methoxy groups -OCH3 is 1. The van der Waals surface area contributed by atoms with Crippen molar-refractivity contribution >= 4 is 17.8 Å². The van der Waals surface area contributed by atoms with Crippen molar-refractivity contribution in [2.24, 2.45) is 68.5 Å². The summed E-state index contributed by atoms with van der Waals surface area (Å²) in [5, 5.41) is 25.7. The van der Waals surface area contributed by atoms with Gasteiger partial charge >= 0.3 is 5.97 Å². The third-order valence-corrected chi connectivity index (χ3v) is 18.5. The largest absolute Gasteiger partial charge is 0.478 e. The van der Waals surface area contributed by atoms with Crippen LogP contribution in [0.4, 0.5) is 0 Å². The van der Waals surface area contributed by atoms with Crippen molar-refractivity contribution in [2.45, 2.75) is 131 Å². The van der Waals surface area contributed by atoms with Crippen LogP contribution >= 0.6 is 0 Å². The molecule has 2 amide bonds. The number of nitrogens with one attached hydrogen (secondary N) is 2. The summed E-state index contributed by atoms with van der Waals surface area (Å²) in [6, 6.07) is 10.1. The van der Waals surface area contributed by atoms with Crippen LogP contribution in [0.5, 0.6) is 0 Å². The topological polar surface area (TPSA) is 129 Å². The van der Waals surface area contributed by atoms with E-state index in [-0.39, 0.29) is 56.8 Å². The maximum atomic E-state index is 14.8. The van der Waals surface area contributed by atoms with Crippen molar-refractivity contribution in [3.8, 4) is 6.07 Å². The number of aliphatic carboxylic acids is 1. The number of hydrogen-bond donors (Lipinski definition) is 3. The van der Waals surface area contributed by atoms with E-state index in [1.165, 1.54) is 32.1 Å². The summed E-state index contributed by atoms with van der Waals surface area (Å²) in [6.45, 7) is 20.1. The third kappa shape index (κ3) is 7.23. The highest BCUT2D eigenvalue weighted by Crippen LogP contribution is 2.77. The molecule has 0 aromatic heterocycles. The van der Waals surface area contributed by atoms with Gasteiger partial charge in [0.05, 0.1) is 23.2 Å². The lowest BCUT2D eigenvalue weighted by Gasteiger charge is -2.73. The fourth-order valence-electron chi connectivity index (χ4n) is 15.2. The van der Waals surface area contributed by atoms with E-state index in [0.29, 0.717) is 67.7 Å². The number of carbonyl (C=O) groups excluding carboxylic acids is 2. The summed E-state index contributed by atoms with van der Waals surface area (Å²) in [5.74, 6) is 1.52. The lowest BCUT2D eigenvalue weighted by Crippen LogP contribution is -2.67. The molecule has 5 fully saturated rings. The van der Waals surface area contributed by atoms with Gasteiger partial charge in [0.2, 0.25) is 5.91 Å². The summed E-state index contributed by atoms with van der Waals surface area (Å²) < 4.78 is 6.12. The Balaban J connectivity index is 1.05. The Morgan fingerprint density at radius 1 is 0.966 bits per heavy atom. The Morgan fingerprint density at radius 3 is 2.47 bits per heavy atom. The van der Waals surface area contributed by atoms with Gasteiger partial charge in [-0.3, -0.25) is 9.59 Å². The number of hydrogen-bond acceptors (Lipinski definition) is 5. The Bertz CT molecular complexity index is 1930. The minimum absolute atomic E-state index is 0.134. The molecule has 3 N–H and O–H groups in total. The van der Waals surface area contributed by atoms with Gasteiger partial charge in [-0.25, -0.2) is 4.79 Å². The van der Waals surface area contributed by atoms with Crippen LogP contribution in [0.25, 0.3) is 0 Å². The lowest BCUT2D eigenvalue weighted by molar-refractivity contribution is -0.249. The molecule has 8 heteroatoms. The number of allylic oxidation sites excluding steroid dienone is 1. The number of rotatable bonds is 11. The SMILES string of the molecule is C=C1CC=C(C(=O)O)C=CC1CNC(=O)c1cccc(CCNC(=O)C23CCC(C(C)CC#N)C2C2CCC4C5(C)CCC(OC)C(C)(C)C5CCC4(C)C2(C)CC3)c1. The molecule has 6 aliphatic carbocycles. The van der Waals surface area contributed by atoms with Crippen LogP contribution in [-0.2, 0) is 20.7 Å². The van der Waals surface area contributed by atoms with Gasteiger partial charge in [-0.1, -0.05) is 84.1 Å². The first-order chi connectivity index (χ1) is 28.0. The van der Waals surface area contributed by atoms with Crippen molar-refractivity contribution in [3.05, 3.63) is 71.3 Å². The molecule has 0 bridgehead atoms. The summed E-state index contributed by atoms with van der Waals surface area (Å²) in [6.07, 6.45) is 18.1. The zero-order valence-corrected chi connectivity index (χ0v) is 37.0. The number of carbonyl (C=O) groups is 3. The molecule has 8 nitrogen and oxygen atoms in total. The van der Waals surface area contributed by atoms with Crippen LogP contribution in [0.1, 0.15) is 135 Å². The highest BCUT2D eigenvalue weighted by molar-refractivity contribution is 5.94. The average molecular weight is 806 g/mol. The maximum Gasteiger partial charge on any atom is 0.335 e. The Labute approximate surface area is 354 Å². The van der Waals surface area contributed by atoms with Crippen molar-refractivity contribution < 1.29 is 24.2 Å².